The highest BCUT2D eigenvalue weighted by Gasteiger charge is 2.12. The minimum Gasteiger partial charge on any atom is -0.272 e. The molecule has 0 aromatic heterocycles. The number of aliphatic imine (C=N–C) groups is 1. The van der Waals surface area contributed by atoms with E-state index in [2.05, 4.69) is 11.7 Å². The van der Waals surface area contributed by atoms with E-state index >= 15 is 0 Å². The fourth-order valence-electron chi connectivity index (χ4n) is 1.43. The van der Waals surface area contributed by atoms with Crippen LogP contribution in [0.1, 0.15) is 16.7 Å². The van der Waals surface area contributed by atoms with Crippen molar-refractivity contribution < 1.29 is 8.42 Å². The Kier molecular flexibility index (Phi) is 3.62. The summed E-state index contributed by atoms with van der Waals surface area (Å²) in [4.78, 5) is 3.76. The molecule has 1 rings (SSSR count). The van der Waals surface area contributed by atoms with Crippen LogP contribution in [-0.2, 0) is 10.0 Å². The quantitative estimate of drug-likeness (QED) is 0.813. The molecule has 0 aliphatic heterocycles. The number of nitrogens with two attached hydrogens (primary N) is 1. The number of benzene rings is 1. The summed E-state index contributed by atoms with van der Waals surface area (Å²) in [5.74, 6) is 0. The predicted molar refractivity (Wildman–Crippen MR) is 65.9 cm³/mol. The normalized spacial score (nSPS) is 11.9. The molecule has 0 unspecified atom stereocenters. The zero-order valence-corrected chi connectivity index (χ0v) is 10.1. The third kappa shape index (κ3) is 2.77. The Bertz CT molecular complexity index is 545. The molecule has 0 atom stereocenters. The summed E-state index contributed by atoms with van der Waals surface area (Å²) in [5, 5.41) is 5.10. The van der Waals surface area contributed by atoms with Crippen molar-refractivity contribution in [3.63, 3.8) is 0 Å². The van der Waals surface area contributed by atoms with Crippen LogP contribution >= 0.6 is 0 Å². The second kappa shape index (κ2) is 4.59. The molecule has 2 N–H and O–H groups in total. The van der Waals surface area contributed by atoms with Gasteiger partial charge in [0, 0.05) is 6.20 Å². The largest absolute Gasteiger partial charge is 0.272 e. The highest BCUT2D eigenvalue weighted by atomic mass is 32.2. The molecular formula is C11H14N2O2S. The SMILES string of the molecule is C=N/C=C\c1cc(C)c(S(N)(=O)=O)cc1C. The van der Waals surface area contributed by atoms with Gasteiger partial charge in [-0.05, 0) is 49.4 Å². The van der Waals surface area contributed by atoms with Gasteiger partial charge in [0.1, 0.15) is 0 Å². The topological polar surface area (TPSA) is 72.5 Å². The first-order chi connectivity index (χ1) is 7.36. The average Bonchev–Trinajstić information content (AvgIpc) is 2.17. The highest BCUT2D eigenvalue weighted by Crippen LogP contribution is 2.20. The molecule has 0 aliphatic rings. The minimum absolute atomic E-state index is 0.161. The molecule has 0 saturated heterocycles. The van der Waals surface area contributed by atoms with Crippen molar-refractivity contribution in [2.75, 3.05) is 0 Å². The number of hydrogen-bond acceptors (Lipinski definition) is 3. The predicted octanol–water partition coefficient (Wildman–Crippen LogP) is 1.62. The maximum absolute atomic E-state index is 11.3. The van der Waals surface area contributed by atoms with E-state index in [0.717, 1.165) is 11.1 Å². The molecule has 0 heterocycles. The summed E-state index contributed by atoms with van der Waals surface area (Å²) in [7, 11) is -3.65. The van der Waals surface area contributed by atoms with Gasteiger partial charge in [0.05, 0.1) is 4.90 Å². The molecule has 0 saturated carbocycles. The third-order valence-corrected chi connectivity index (χ3v) is 3.28. The van der Waals surface area contributed by atoms with Gasteiger partial charge in [-0.3, -0.25) is 4.99 Å². The number of rotatable bonds is 3. The molecule has 0 fully saturated rings. The van der Waals surface area contributed by atoms with Crippen molar-refractivity contribution in [2.24, 2.45) is 10.1 Å². The van der Waals surface area contributed by atoms with E-state index in [1.54, 1.807) is 31.3 Å². The zero-order valence-electron chi connectivity index (χ0n) is 9.27. The Morgan fingerprint density at radius 3 is 2.44 bits per heavy atom. The lowest BCUT2D eigenvalue weighted by Gasteiger charge is -2.07. The standard InChI is InChI=1S/C11H14N2O2S/c1-8-7-11(16(12,14)15)9(2)6-10(8)4-5-13-3/h4-7H,3H2,1-2H3,(H2,12,14,15)/b5-4-. The van der Waals surface area contributed by atoms with E-state index in [9.17, 15) is 8.42 Å². The van der Waals surface area contributed by atoms with Crippen LogP contribution in [0.4, 0.5) is 0 Å². The zero-order chi connectivity index (χ0) is 12.3. The van der Waals surface area contributed by atoms with Gasteiger partial charge >= 0.3 is 0 Å². The average molecular weight is 238 g/mol. The van der Waals surface area contributed by atoms with Crippen molar-refractivity contribution >= 4 is 22.8 Å². The fraction of sp³-hybridized carbons (Fsp3) is 0.182. The first-order valence-electron chi connectivity index (χ1n) is 4.62. The van der Waals surface area contributed by atoms with Crippen LogP contribution in [0.15, 0.2) is 28.2 Å². The number of hydrogen-bond donors (Lipinski definition) is 1. The summed E-state index contributed by atoms with van der Waals surface area (Å²) in [5.41, 5.74) is 2.35. The van der Waals surface area contributed by atoms with Crippen molar-refractivity contribution in [1.82, 2.24) is 0 Å². The monoisotopic (exact) mass is 238 g/mol. The van der Waals surface area contributed by atoms with Gasteiger partial charge in [-0.25, -0.2) is 13.6 Å². The second-order valence-electron chi connectivity index (χ2n) is 3.52. The Hall–Kier alpha value is -1.46. The molecule has 1 aromatic carbocycles. The van der Waals surface area contributed by atoms with E-state index in [4.69, 9.17) is 5.14 Å². The van der Waals surface area contributed by atoms with Crippen LogP contribution in [0.5, 0.6) is 0 Å². The summed E-state index contributed by atoms with van der Waals surface area (Å²) in [6.45, 7) is 6.85. The molecule has 86 valence electrons. The van der Waals surface area contributed by atoms with Crippen molar-refractivity contribution in [3.8, 4) is 0 Å². The Morgan fingerprint density at radius 2 is 1.94 bits per heavy atom. The second-order valence-corrected chi connectivity index (χ2v) is 5.05. The summed E-state index contributed by atoms with van der Waals surface area (Å²) in [6.07, 6.45) is 3.32. The van der Waals surface area contributed by atoms with Crippen molar-refractivity contribution in [3.05, 3.63) is 35.0 Å². The summed E-state index contributed by atoms with van der Waals surface area (Å²) < 4.78 is 22.5. The van der Waals surface area contributed by atoms with Crippen LogP contribution in [0.3, 0.4) is 0 Å². The van der Waals surface area contributed by atoms with Gasteiger partial charge in [-0.15, -0.1) is 0 Å². The van der Waals surface area contributed by atoms with Crippen LogP contribution in [0, 0.1) is 13.8 Å². The first kappa shape index (κ1) is 12.6. The highest BCUT2D eigenvalue weighted by molar-refractivity contribution is 7.89. The molecule has 0 bridgehead atoms. The molecule has 16 heavy (non-hydrogen) atoms. The van der Waals surface area contributed by atoms with E-state index in [1.807, 2.05) is 6.92 Å². The van der Waals surface area contributed by atoms with Crippen LogP contribution in [0.2, 0.25) is 0 Å². The van der Waals surface area contributed by atoms with Crippen LogP contribution in [-0.4, -0.2) is 15.1 Å². The van der Waals surface area contributed by atoms with Crippen molar-refractivity contribution in [2.45, 2.75) is 18.7 Å². The van der Waals surface area contributed by atoms with Gasteiger partial charge in [-0.2, -0.15) is 0 Å². The summed E-state index contributed by atoms with van der Waals surface area (Å²) >= 11 is 0. The van der Waals surface area contributed by atoms with Gasteiger partial charge in [0.25, 0.3) is 0 Å². The van der Waals surface area contributed by atoms with E-state index in [0.29, 0.717) is 5.56 Å². The van der Waals surface area contributed by atoms with Crippen LogP contribution < -0.4 is 5.14 Å². The molecule has 0 spiro atoms. The Balaban J connectivity index is 3.38. The van der Waals surface area contributed by atoms with Gasteiger partial charge < -0.3 is 0 Å². The molecule has 1 aromatic rings. The smallest absolute Gasteiger partial charge is 0.238 e. The summed E-state index contributed by atoms with van der Waals surface area (Å²) in [6, 6.07) is 3.32. The first-order valence-corrected chi connectivity index (χ1v) is 6.17. The van der Waals surface area contributed by atoms with Gasteiger partial charge in [0.15, 0.2) is 0 Å². The lowest BCUT2D eigenvalue weighted by Crippen LogP contribution is -2.14. The Labute approximate surface area is 95.6 Å². The van der Waals surface area contributed by atoms with E-state index < -0.39 is 10.0 Å². The number of primary sulfonamides is 1. The number of sulfonamides is 1. The van der Waals surface area contributed by atoms with Gasteiger partial charge in [0.2, 0.25) is 10.0 Å². The maximum Gasteiger partial charge on any atom is 0.238 e. The lowest BCUT2D eigenvalue weighted by molar-refractivity contribution is 0.597. The number of nitrogens with zero attached hydrogens (tertiary/aromatic N) is 1. The Morgan fingerprint density at radius 1 is 1.31 bits per heavy atom. The molecule has 0 aliphatic carbocycles. The van der Waals surface area contributed by atoms with E-state index in [-0.39, 0.29) is 4.90 Å². The molecule has 0 amide bonds. The molecule has 0 radical (unpaired) electrons. The molecule has 4 nitrogen and oxygen atoms in total. The minimum atomic E-state index is -3.65. The maximum atomic E-state index is 11.3. The molecular weight excluding hydrogens is 224 g/mol. The van der Waals surface area contributed by atoms with Gasteiger partial charge in [-0.1, -0.05) is 6.07 Å². The van der Waals surface area contributed by atoms with Crippen LogP contribution in [0.25, 0.3) is 6.08 Å². The number of aryl methyl sites for hydroxylation is 2. The third-order valence-electron chi connectivity index (χ3n) is 2.23. The lowest BCUT2D eigenvalue weighted by atomic mass is 10.1. The molecule has 5 heteroatoms. The van der Waals surface area contributed by atoms with Crippen molar-refractivity contribution in [1.29, 1.82) is 0 Å². The van der Waals surface area contributed by atoms with E-state index in [1.165, 1.54) is 0 Å². The fourth-order valence-corrected chi connectivity index (χ4v) is 2.28.